The lowest BCUT2D eigenvalue weighted by molar-refractivity contribution is -0.137. The standard InChI is InChI=1S/C19H26N2O4/c1-19(14-8-4-3-5-9-14)17(24)21(18(25)20(19)2)12-16(23)13-7-6-10-15(22)11-13/h6-7,10-11,14,18,22,25H,3-5,8-9,12H2,1-2H3. The number of phenolic OH excluding ortho intramolecular Hbond substituents is 1. The van der Waals surface area contributed by atoms with Gasteiger partial charge in [0.1, 0.15) is 11.3 Å². The van der Waals surface area contributed by atoms with Crippen LogP contribution in [0, 0.1) is 5.92 Å². The predicted octanol–water partition coefficient (Wildman–Crippen LogP) is 1.96. The molecule has 3 rings (SSSR count). The summed E-state index contributed by atoms with van der Waals surface area (Å²) >= 11 is 0. The first-order chi connectivity index (χ1) is 11.9. The third kappa shape index (κ3) is 3.04. The molecule has 1 aliphatic carbocycles. The highest BCUT2D eigenvalue weighted by atomic mass is 16.3. The molecule has 1 saturated carbocycles. The monoisotopic (exact) mass is 346 g/mol. The van der Waals surface area contributed by atoms with Gasteiger partial charge in [0.15, 0.2) is 12.1 Å². The second-order valence-electron chi connectivity index (χ2n) is 7.35. The number of ketones is 1. The van der Waals surface area contributed by atoms with Gasteiger partial charge in [0, 0.05) is 5.56 Å². The van der Waals surface area contributed by atoms with Gasteiger partial charge in [0.05, 0.1) is 6.54 Å². The average molecular weight is 346 g/mol. The lowest BCUT2D eigenvalue weighted by Crippen LogP contribution is -2.52. The Hall–Kier alpha value is -1.92. The molecule has 1 heterocycles. The molecule has 2 fully saturated rings. The largest absolute Gasteiger partial charge is 0.508 e. The number of carbonyl (C=O) groups is 2. The quantitative estimate of drug-likeness (QED) is 0.815. The van der Waals surface area contributed by atoms with Crippen molar-refractivity contribution in [2.45, 2.75) is 50.9 Å². The van der Waals surface area contributed by atoms with E-state index in [4.69, 9.17) is 0 Å². The van der Waals surface area contributed by atoms with E-state index in [0.717, 1.165) is 25.7 Å². The number of rotatable bonds is 4. The van der Waals surface area contributed by atoms with E-state index in [1.165, 1.54) is 23.5 Å². The fraction of sp³-hybridized carbons (Fsp3) is 0.579. The van der Waals surface area contributed by atoms with Gasteiger partial charge in [-0.15, -0.1) is 0 Å². The molecular formula is C19H26N2O4. The van der Waals surface area contributed by atoms with E-state index in [9.17, 15) is 19.8 Å². The number of hydrogen-bond donors (Lipinski definition) is 2. The molecule has 2 unspecified atom stereocenters. The van der Waals surface area contributed by atoms with Crippen molar-refractivity contribution in [2.24, 2.45) is 5.92 Å². The van der Waals surface area contributed by atoms with Crippen LogP contribution >= 0.6 is 0 Å². The summed E-state index contributed by atoms with van der Waals surface area (Å²) in [6.45, 7) is 1.68. The SMILES string of the molecule is CN1C(O)N(CC(=O)c2cccc(O)c2)C(=O)C1(C)C1CCCCC1. The minimum atomic E-state index is -1.11. The fourth-order valence-corrected chi connectivity index (χ4v) is 4.20. The minimum Gasteiger partial charge on any atom is -0.508 e. The van der Waals surface area contributed by atoms with Gasteiger partial charge in [-0.2, -0.15) is 0 Å². The number of phenols is 1. The highest BCUT2D eigenvalue weighted by Crippen LogP contribution is 2.41. The molecule has 6 heteroatoms. The van der Waals surface area contributed by atoms with Crippen LogP contribution in [0.5, 0.6) is 5.75 Å². The Balaban J connectivity index is 1.80. The Bertz CT molecular complexity index is 671. The van der Waals surface area contributed by atoms with Crippen LogP contribution in [0.3, 0.4) is 0 Å². The summed E-state index contributed by atoms with van der Waals surface area (Å²) in [6.07, 6.45) is 4.20. The number of nitrogens with zero attached hydrogens (tertiary/aromatic N) is 2. The molecule has 0 radical (unpaired) electrons. The maximum Gasteiger partial charge on any atom is 0.246 e. The van der Waals surface area contributed by atoms with E-state index in [1.807, 2.05) is 6.92 Å². The van der Waals surface area contributed by atoms with Crippen LogP contribution in [0.4, 0.5) is 0 Å². The number of aliphatic hydroxyl groups excluding tert-OH is 1. The number of carbonyl (C=O) groups excluding carboxylic acids is 2. The van der Waals surface area contributed by atoms with Crippen molar-refractivity contribution in [3.63, 3.8) is 0 Å². The van der Waals surface area contributed by atoms with Crippen molar-refractivity contribution < 1.29 is 19.8 Å². The molecule has 1 aromatic rings. The highest BCUT2D eigenvalue weighted by Gasteiger charge is 2.56. The third-order valence-electron chi connectivity index (χ3n) is 5.93. The average Bonchev–Trinajstić information content (AvgIpc) is 2.78. The molecule has 0 spiro atoms. The van der Waals surface area contributed by atoms with E-state index < -0.39 is 11.9 Å². The highest BCUT2D eigenvalue weighted by molar-refractivity contribution is 6.01. The van der Waals surface area contributed by atoms with Crippen molar-refractivity contribution in [2.75, 3.05) is 13.6 Å². The Kier molecular flexibility index (Phi) is 4.84. The van der Waals surface area contributed by atoms with E-state index in [0.29, 0.717) is 5.56 Å². The van der Waals surface area contributed by atoms with Gasteiger partial charge < -0.3 is 10.2 Å². The third-order valence-corrected chi connectivity index (χ3v) is 5.93. The first kappa shape index (κ1) is 17.9. The maximum absolute atomic E-state index is 13.1. The Labute approximate surface area is 148 Å². The zero-order chi connectivity index (χ0) is 18.2. The van der Waals surface area contributed by atoms with Crippen LogP contribution in [-0.4, -0.2) is 57.2 Å². The van der Waals surface area contributed by atoms with Crippen LogP contribution in [-0.2, 0) is 4.79 Å². The van der Waals surface area contributed by atoms with Crippen molar-refractivity contribution in [3.05, 3.63) is 29.8 Å². The zero-order valence-electron chi connectivity index (χ0n) is 14.8. The Morgan fingerprint density at radius 3 is 2.60 bits per heavy atom. The zero-order valence-corrected chi connectivity index (χ0v) is 14.8. The lowest BCUT2D eigenvalue weighted by Gasteiger charge is -2.39. The summed E-state index contributed by atoms with van der Waals surface area (Å²) in [5, 5.41) is 20.1. The number of hydrogen-bond acceptors (Lipinski definition) is 5. The van der Waals surface area contributed by atoms with Crippen molar-refractivity contribution in [1.29, 1.82) is 0 Å². The minimum absolute atomic E-state index is 0.00306. The lowest BCUT2D eigenvalue weighted by atomic mass is 9.75. The summed E-state index contributed by atoms with van der Waals surface area (Å²) in [5.74, 6) is -0.301. The number of aliphatic hydroxyl groups is 1. The number of amides is 1. The van der Waals surface area contributed by atoms with E-state index in [2.05, 4.69) is 0 Å². The molecule has 0 aromatic heterocycles. The summed E-state index contributed by atoms with van der Waals surface area (Å²) in [7, 11) is 1.75. The maximum atomic E-state index is 13.1. The van der Waals surface area contributed by atoms with Gasteiger partial charge in [-0.1, -0.05) is 31.4 Å². The summed E-state index contributed by atoms with van der Waals surface area (Å²) in [4.78, 5) is 28.6. The molecule has 1 saturated heterocycles. The van der Waals surface area contributed by atoms with Gasteiger partial charge in [-0.25, -0.2) is 4.90 Å². The van der Waals surface area contributed by atoms with E-state index in [-0.39, 0.29) is 29.9 Å². The van der Waals surface area contributed by atoms with Crippen molar-refractivity contribution in [1.82, 2.24) is 9.80 Å². The van der Waals surface area contributed by atoms with E-state index >= 15 is 0 Å². The first-order valence-corrected chi connectivity index (χ1v) is 8.90. The van der Waals surface area contributed by atoms with Gasteiger partial charge in [-0.05, 0) is 44.9 Å². The van der Waals surface area contributed by atoms with Crippen LogP contribution in [0.25, 0.3) is 0 Å². The normalized spacial score (nSPS) is 28.5. The summed E-state index contributed by atoms with van der Waals surface area (Å²) in [5.41, 5.74) is -0.451. The van der Waals surface area contributed by atoms with Gasteiger partial charge in [0.25, 0.3) is 0 Å². The molecule has 6 nitrogen and oxygen atoms in total. The van der Waals surface area contributed by atoms with Crippen LogP contribution in [0.15, 0.2) is 24.3 Å². The summed E-state index contributed by atoms with van der Waals surface area (Å²) in [6, 6.07) is 6.04. The van der Waals surface area contributed by atoms with Crippen LogP contribution in [0.1, 0.15) is 49.4 Å². The smallest absolute Gasteiger partial charge is 0.246 e. The fourth-order valence-electron chi connectivity index (χ4n) is 4.20. The second kappa shape index (κ2) is 6.77. The molecule has 1 aliphatic heterocycles. The molecule has 136 valence electrons. The molecule has 25 heavy (non-hydrogen) atoms. The number of Topliss-reactive ketones (excluding diaryl/α,β-unsaturated/α-hetero) is 1. The van der Waals surface area contributed by atoms with Gasteiger partial charge >= 0.3 is 0 Å². The number of likely N-dealkylation sites (N-methyl/N-ethyl adjacent to an activating group) is 1. The van der Waals surface area contributed by atoms with Crippen molar-refractivity contribution >= 4 is 11.7 Å². The topological polar surface area (TPSA) is 81.1 Å². The predicted molar refractivity (Wildman–Crippen MR) is 92.9 cm³/mol. The number of benzene rings is 1. The molecule has 2 atom stereocenters. The molecular weight excluding hydrogens is 320 g/mol. The Morgan fingerprint density at radius 2 is 1.96 bits per heavy atom. The number of aromatic hydroxyl groups is 1. The van der Waals surface area contributed by atoms with Crippen molar-refractivity contribution in [3.8, 4) is 5.75 Å². The molecule has 2 N–H and O–H groups in total. The molecule has 2 aliphatic rings. The molecule has 1 amide bonds. The summed E-state index contributed by atoms with van der Waals surface area (Å²) < 4.78 is 0. The molecule has 0 bridgehead atoms. The van der Waals surface area contributed by atoms with Crippen LogP contribution in [0.2, 0.25) is 0 Å². The first-order valence-electron chi connectivity index (χ1n) is 8.90. The van der Waals surface area contributed by atoms with Crippen LogP contribution < -0.4 is 0 Å². The Morgan fingerprint density at radius 1 is 1.28 bits per heavy atom. The molecule has 1 aromatic carbocycles. The second-order valence-corrected chi connectivity index (χ2v) is 7.35. The van der Waals surface area contributed by atoms with E-state index in [1.54, 1.807) is 24.1 Å². The van der Waals surface area contributed by atoms with Gasteiger partial charge in [0.2, 0.25) is 5.91 Å². The van der Waals surface area contributed by atoms with Gasteiger partial charge in [-0.3, -0.25) is 14.5 Å².